The van der Waals surface area contributed by atoms with Crippen LogP contribution in [0.25, 0.3) is 0 Å². The Morgan fingerprint density at radius 2 is 0.538 bits per heavy atom. The van der Waals surface area contributed by atoms with Gasteiger partial charge in [0.25, 0.3) is 34.1 Å². The van der Waals surface area contributed by atoms with E-state index in [-0.39, 0.29) is 9.90 Å². The zero-order chi connectivity index (χ0) is 10.7. The average Bonchev–Trinajstić information content (AvgIpc) is 1.54. The van der Waals surface area contributed by atoms with Crippen LogP contribution in [0.2, 0.25) is 0 Å². The zero-order valence-corrected chi connectivity index (χ0v) is 9.70. The van der Waals surface area contributed by atoms with Crippen molar-refractivity contribution in [3.05, 3.63) is 0 Å². The molecule has 0 amide bonds. The molecule has 0 aliphatic rings. The molecule has 1 atom stereocenters. The summed E-state index contributed by atoms with van der Waals surface area (Å²) in [6.45, 7) is 0. The van der Waals surface area contributed by atoms with Gasteiger partial charge in [-0.3, -0.25) is 27.3 Å². The molecule has 0 heterocycles. The van der Waals surface area contributed by atoms with Crippen molar-refractivity contribution in [2.24, 2.45) is 0 Å². The second kappa shape index (κ2) is 18.4. The second-order valence-corrected chi connectivity index (χ2v) is 2.08. The Bertz CT molecular complexity index is 112. The minimum absolute atomic E-state index is 0. The molecule has 0 bridgehead atoms. The maximum Gasteiger partial charge on any atom is 0.299 e. The maximum absolute atomic E-state index is 8.67. The fourth-order valence-corrected chi connectivity index (χ4v) is 0. The molecule has 0 aliphatic carbocycles. The van der Waals surface area contributed by atoms with Crippen molar-refractivity contribution in [2.75, 3.05) is 0 Å². The predicted octanol–water partition coefficient (Wildman–Crippen LogP) is -0.899. The number of hydrogen-bond acceptors (Lipinski definition) is 3. The summed E-state index contributed by atoms with van der Waals surface area (Å²) in [7, 11) is 0. The van der Waals surface area contributed by atoms with Crippen LogP contribution in [0.15, 0.2) is 0 Å². The monoisotopic (exact) mass is 280 g/mol. The van der Waals surface area contributed by atoms with Gasteiger partial charge in [0.05, 0.1) is 0 Å². The van der Waals surface area contributed by atoms with Crippen LogP contribution in [-0.4, -0.2) is 39.9 Å². The summed E-state index contributed by atoms with van der Waals surface area (Å²) in [5.74, 6) is 0. The summed E-state index contributed by atoms with van der Waals surface area (Å²) < 4.78 is 68.5. The summed E-state index contributed by atoms with van der Waals surface area (Å²) in [5.41, 5.74) is 0. The van der Waals surface area contributed by atoms with Crippen LogP contribution >= 0.6 is 9.90 Å². The largest absolute Gasteiger partial charge is 0.299 e. The fourth-order valence-electron chi connectivity index (χ4n) is 0. The molecule has 0 saturated carbocycles. The van der Waals surface area contributed by atoms with Crippen molar-refractivity contribution >= 4 is 44.0 Å². The van der Waals surface area contributed by atoms with Crippen LogP contribution in [0.1, 0.15) is 0 Å². The van der Waals surface area contributed by atoms with Gasteiger partial charge in [-0.15, -0.1) is 0 Å². The van der Waals surface area contributed by atoms with Crippen LogP contribution in [0.3, 0.4) is 0 Å². The lowest BCUT2D eigenvalue weighted by atomic mass is 15.8. The topological polar surface area (TPSA) is 173 Å². The summed E-state index contributed by atoms with van der Waals surface area (Å²) >= 11 is -7.83. The Kier molecular flexibility index (Phi) is 33.2. The first kappa shape index (κ1) is 23.5. The van der Waals surface area contributed by atoms with Gasteiger partial charge in [0, 0.05) is 0 Å². The fraction of sp³-hybridized carbons (Fsp3) is 0. The Morgan fingerprint density at radius 1 is 0.538 bits per heavy atom. The quantitative estimate of drug-likeness (QED) is 0.243. The van der Waals surface area contributed by atoms with Crippen molar-refractivity contribution in [3.63, 3.8) is 0 Å². The van der Waals surface area contributed by atoms with Gasteiger partial charge in [-0.2, -0.15) is 22.5 Å². The van der Waals surface area contributed by atoms with E-state index in [1.807, 2.05) is 0 Å². The molecule has 0 radical (unpaired) electrons. The van der Waals surface area contributed by atoms with E-state index >= 15 is 0 Å². The second-order valence-electron chi connectivity index (χ2n) is 0.692. The van der Waals surface area contributed by atoms with Crippen LogP contribution in [0, 0.1) is 0 Å². The van der Waals surface area contributed by atoms with Gasteiger partial charge in [0.15, 0.2) is 0 Å². The van der Waals surface area contributed by atoms with Gasteiger partial charge < -0.3 is 0 Å². The molecule has 86 valence electrons. The van der Waals surface area contributed by atoms with Gasteiger partial charge in [-0.25, -0.2) is 0 Å². The van der Waals surface area contributed by atoms with E-state index in [9.17, 15) is 0 Å². The molecule has 0 rings (SSSR count). The van der Waals surface area contributed by atoms with Gasteiger partial charge in [-0.1, -0.05) is 0 Å². The maximum atomic E-state index is 8.67. The van der Waals surface area contributed by atoms with E-state index in [0.717, 1.165) is 0 Å². The van der Waals surface area contributed by atoms with Gasteiger partial charge in [0.1, 0.15) is 0 Å². The normalized spacial score (nSPS) is 8.08. The van der Waals surface area contributed by atoms with Crippen LogP contribution in [0.5, 0.6) is 0 Å². The molecular formula is H9O9PS3. The summed E-state index contributed by atoms with van der Waals surface area (Å²) in [6.07, 6.45) is 0. The Morgan fingerprint density at radius 3 is 0.538 bits per heavy atom. The van der Waals surface area contributed by atoms with Crippen molar-refractivity contribution in [1.82, 2.24) is 0 Å². The molecule has 6 N–H and O–H groups in total. The lowest BCUT2D eigenvalue weighted by molar-refractivity contribution is 0.452. The summed E-state index contributed by atoms with van der Waals surface area (Å²) in [6, 6.07) is 0. The Balaban J connectivity index is -0.0000000450. The summed E-state index contributed by atoms with van der Waals surface area (Å²) in [5, 5.41) is 0. The highest BCUT2D eigenvalue weighted by Crippen LogP contribution is 1.45. The Labute approximate surface area is 84.3 Å². The Hall–Kier alpha value is 0.640. The third kappa shape index (κ3) is 3490. The van der Waals surface area contributed by atoms with Gasteiger partial charge >= 0.3 is 0 Å². The van der Waals surface area contributed by atoms with Crippen molar-refractivity contribution in [3.8, 4) is 0 Å². The first-order valence-electron chi connectivity index (χ1n) is 1.60. The highest BCUT2D eigenvalue weighted by molar-refractivity contribution is 7.73. The highest BCUT2D eigenvalue weighted by Gasteiger charge is 1.63. The van der Waals surface area contributed by atoms with Gasteiger partial charge in [0.2, 0.25) is 0 Å². The molecule has 9 nitrogen and oxygen atoms in total. The van der Waals surface area contributed by atoms with Crippen LogP contribution < -0.4 is 0 Å². The molecular weight excluding hydrogens is 271 g/mol. The predicted molar refractivity (Wildman–Crippen MR) is 51.3 cm³/mol. The van der Waals surface area contributed by atoms with Gasteiger partial charge in [-0.05, 0) is 0 Å². The smallest absolute Gasteiger partial charge is 0.284 e. The SMILES string of the molecule is O=S(O)O.O=S(O)O.O=S(O)O.P. The molecule has 0 spiro atoms. The lowest BCUT2D eigenvalue weighted by Gasteiger charge is -1.59. The van der Waals surface area contributed by atoms with E-state index in [2.05, 4.69) is 0 Å². The molecule has 13 heteroatoms. The number of hydrogen-bond donors (Lipinski definition) is 6. The first-order valence-corrected chi connectivity index (χ1v) is 4.79. The summed E-state index contributed by atoms with van der Waals surface area (Å²) in [4.78, 5) is 0. The lowest BCUT2D eigenvalue weighted by Crippen LogP contribution is -1.74. The van der Waals surface area contributed by atoms with E-state index in [1.165, 1.54) is 0 Å². The molecule has 0 aromatic carbocycles. The van der Waals surface area contributed by atoms with Crippen molar-refractivity contribution in [1.29, 1.82) is 0 Å². The van der Waals surface area contributed by atoms with E-state index in [0.29, 0.717) is 0 Å². The molecule has 13 heavy (non-hydrogen) atoms. The number of rotatable bonds is 0. The molecule has 0 aromatic heterocycles. The third-order valence-electron chi connectivity index (χ3n) is 0. The van der Waals surface area contributed by atoms with Crippen LogP contribution in [-0.2, 0) is 34.1 Å². The molecule has 0 aliphatic heterocycles. The average molecular weight is 280 g/mol. The molecule has 0 saturated heterocycles. The standard InChI is InChI=1S/3H2O3S.H3P/c3*1-4(2)3;/h3*(H2,1,2,3);1H3. The van der Waals surface area contributed by atoms with Crippen molar-refractivity contribution in [2.45, 2.75) is 0 Å². The molecule has 0 fully saturated rings. The highest BCUT2D eigenvalue weighted by atomic mass is 32.2. The molecule has 0 aromatic rings. The molecule has 1 unspecified atom stereocenters. The minimum atomic E-state index is -2.61. The van der Waals surface area contributed by atoms with E-state index < -0.39 is 34.1 Å². The van der Waals surface area contributed by atoms with Crippen LogP contribution in [0.4, 0.5) is 0 Å². The van der Waals surface area contributed by atoms with Crippen molar-refractivity contribution < 1.29 is 39.9 Å². The first-order chi connectivity index (χ1) is 5.20. The third-order valence-corrected chi connectivity index (χ3v) is 0. The minimum Gasteiger partial charge on any atom is -0.284 e. The van der Waals surface area contributed by atoms with E-state index in [1.54, 1.807) is 0 Å². The zero-order valence-electron chi connectivity index (χ0n) is 5.84. The van der Waals surface area contributed by atoms with E-state index in [4.69, 9.17) is 39.9 Å².